The molecule has 0 unspecified atom stereocenters. The van der Waals surface area contributed by atoms with E-state index in [9.17, 15) is 0 Å². The van der Waals surface area contributed by atoms with Crippen molar-refractivity contribution in [3.8, 4) is 0 Å². The third-order valence-electron chi connectivity index (χ3n) is 7.44. The minimum absolute atomic E-state index is 1.30. The molecular weight excluding hydrogens is 384 g/mol. The predicted molar refractivity (Wildman–Crippen MR) is 141 cm³/mol. The van der Waals surface area contributed by atoms with Gasteiger partial charge in [0, 0.05) is 0 Å². The Morgan fingerprint density at radius 3 is 1.16 bits per heavy atom. The number of aryl methyl sites for hydroxylation is 2. The first kappa shape index (κ1) is 17.7. The molecule has 7 aromatic carbocycles. The van der Waals surface area contributed by atoms with E-state index in [0.717, 1.165) is 0 Å². The van der Waals surface area contributed by atoms with E-state index in [2.05, 4.69) is 111 Å². The molecular formula is C32H22. The highest BCUT2D eigenvalue weighted by Gasteiger charge is 2.16. The predicted octanol–water partition coefficient (Wildman–Crippen LogP) is 9.22. The van der Waals surface area contributed by atoms with Crippen LogP contribution in [0.4, 0.5) is 0 Å². The van der Waals surface area contributed by atoms with Crippen LogP contribution in [0, 0.1) is 13.8 Å². The first-order chi connectivity index (χ1) is 15.7. The molecule has 0 saturated carbocycles. The topological polar surface area (TPSA) is 0 Å². The molecule has 0 saturated heterocycles. The van der Waals surface area contributed by atoms with Crippen LogP contribution in [-0.4, -0.2) is 0 Å². The molecule has 0 heterocycles. The minimum atomic E-state index is 1.30. The minimum Gasteiger partial charge on any atom is -0.0616 e. The summed E-state index contributed by atoms with van der Waals surface area (Å²) in [5.41, 5.74) is 2.75. The van der Waals surface area contributed by atoms with E-state index in [0.29, 0.717) is 0 Å². The average molecular weight is 407 g/mol. The summed E-state index contributed by atoms with van der Waals surface area (Å²) < 4.78 is 0. The van der Waals surface area contributed by atoms with E-state index in [1.165, 1.54) is 75.8 Å². The van der Waals surface area contributed by atoms with Gasteiger partial charge in [-0.2, -0.15) is 0 Å². The zero-order valence-corrected chi connectivity index (χ0v) is 18.2. The van der Waals surface area contributed by atoms with Crippen LogP contribution < -0.4 is 0 Å². The SMILES string of the molecule is Cc1c(C)c2ccc3ccc4ccccc4c3c2c2c1ccc1ccc3ccccc3c12. The van der Waals surface area contributed by atoms with Gasteiger partial charge >= 0.3 is 0 Å². The Kier molecular flexibility index (Phi) is 3.50. The molecule has 0 aliphatic rings. The van der Waals surface area contributed by atoms with Gasteiger partial charge in [-0.3, -0.25) is 0 Å². The van der Waals surface area contributed by atoms with Gasteiger partial charge in [0.15, 0.2) is 0 Å². The van der Waals surface area contributed by atoms with Crippen molar-refractivity contribution in [3.05, 3.63) is 108 Å². The van der Waals surface area contributed by atoms with Crippen LogP contribution in [0.3, 0.4) is 0 Å². The van der Waals surface area contributed by atoms with E-state index >= 15 is 0 Å². The fourth-order valence-corrected chi connectivity index (χ4v) is 5.74. The Morgan fingerprint density at radius 1 is 0.312 bits per heavy atom. The number of benzene rings is 7. The molecule has 0 bridgehead atoms. The van der Waals surface area contributed by atoms with Crippen LogP contribution in [0.1, 0.15) is 11.1 Å². The van der Waals surface area contributed by atoms with Crippen molar-refractivity contribution in [1.29, 1.82) is 0 Å². The van der Waals surface area contributed by atoms with Crippen LogP contribution in [0.25, 0.3) is 64.6 Å². The molecule has 0 nitrogen and oxygen atoms in total. The molecule has 0 fully saturated rings. The monoisotopic (exact) mass is 406 g/mol. The van der Waals surface area contributed by atoms with Crippen LogP contribution >= 0.6 is 0 Å². The molecule has 0 aliphatic heterocycles. The first-order valence-electron chi connectivity index (χ1n) is 11.3. The molecule has 0 heteroatoms. The second-order valence-corrected chi connectivity index (χ2v) is 9.00. The van der Waals surface area contributed by atoms with Gasteiger partial charge in [0.05, 0.1) is 0 Å². The van der Waals surface area contributed by atoms with Gasteiger partial charge < -0.3 is 0 Å². The second-order valence-electron chi connectivity index (χ2n) is 9.00. The van der Waals surface area contributed by atoms with E-state index in [-0.39, 0.29) is 0 Å². The third-order valence-corrected chi connectivity index (χ3v) is 7.44. The molecule has 0 N–H and O–H groups in total. The maximum atomic E-state index is 2.33. The van der Waals surface area contributed by atoms with E-state index in [4.69, 9.17) is 0 Å². The Morgan fingerprint density at radius 2 is 0.688 bits per heavy atom. The summed E-state index contributed by atoms with van der Waals surface area (Å²) in [7, 11) is 0. The largest absolute Gasteiger partial charge is 0.0616 e. The summed E-state index contributed by atoms with van der Waals surface area (Å²) in [5, 5.41) is 16.1. The van der Waals surface area contributed by atoms with Crippen molar-refractivity contribution >= 4 is 64.6 Å². The van der Waals surface area contributed by atoms with Crippen molar-refractivity contribution in [2.45, 2.75) is 13.8 Å². The molecule has 7 rings (SSSR count). The molecule has 7 aromatic rings. The molecule has 150 valence electrons. The quantitative estimate of drug-likeness (QED) is 0.220. The Bertz CT molecular complexity index is 1750. The van der Waals surface area contributed by atoms with Crippen LogP contribution in [0.5, 0.6) is 0 Å². The Hall–Kier alpha value is -3.90. The normalized spacial score (nSPS) is 12.1. The fourth-order valence-electron chi connectivity index (χ4n) is 5.74. The zero-order chi connectivity index (χ0) is 21.4. The lowest BCUT2D eigenvalue weighted by Gasteiger charge is -2.18. The number of rotatable bonds is 0. The molecule has 0 aromatic heterocycles. The highest BCUT2D eigenvalue weighted by molar-refractivity contribution is 6.36. The van der Waals surface area contributed by atoms with Crippen molar-refractivity contribution < 1.29 is 0 Å². The average Bonchev–Trinajstić information content (AvgIpc) is 2.85. The van der Waals surface area contributed by atoms with Gasteiger partial charge in [-0.25, -0.2) is 0 Å². The number of hydrogen-bond acceptors (Lipinski definition) is 0. The van der Waals surface area contributed by atoms with Crippen molar-refractivity contribution in [1.82, 2.24) is 0 Å². The Labute approximate surface area is 186 Å². The lowest BCUT2D eigenvalue weighted by atomic mass is 9.85. The smallest absolute Gasteiger partial charge is 0.00112 e. The number of hydrogen-bond donors (Lipinski definition) is 0. The van der Waals surface area contributed by atoms with Crippen molar-refractivity contribution in [2.24, 2.45) is 0 Å². The van der Waals surface area contributed by atoms with Crippen LogP contribution in [0.2, 0.25) is 0 Å². The second kappa shape index (κ2) is 6.31. The highest BCUT2D eigenvalue weighted by atomic mass is 14.2. The van der Waals surface area contributed by atoms with Gasteiger partial charge in [0.1, 0.15) is 0 Å². The van der Waals surface area contributed by atoms with E-state index < -0.39 is 0 Å². The van der Waals surface area contributed by atoms with Crippen LogP contribution in [0.15, 0.2) is 97.1 Å². The van der Waals surface area contributed by atoms with Gasteiger partial charge in [-0.05, 0) is 89.6 Å². The van der Waals surface area contributed by atoms with Gasteiger partial charge in [0.2, 0.25) is 0 Å². The van der Waals surface area contributed by atoms with Gasteiger partial charge in [-0.15, -0.1) is 0 Å². The molecule has 0 atom stereocenters. The summed E-state index contributed by atoms with van der Waals surface area (Å²) in [4.78, 5) is 0. The van der Waals surface area contributed by atoms with E-state index in [1.54, 1.807) is 0 Å². The molecule has 0 spiro atoms. The zero-order valence-electron chi connectivity index (χ0n) is 18.2. The van der Waals surface area contributed by atoms with Gasteiger partial charge in [-0.1, -0.05) is 97.1 Å². The molecule has 0 radical (unpaired) electrons. The standard InChI is InChI=1S/C32H22/c1-19-20(2)26-18-16-24-14-12-22-8-4-6-10-28(22)30(24)32(26)31-25(19)17-15-23-13-11-21-7-3-5-9-27(21)29(23)31/h3-18H,1-2H3. The fraction of sp³-hybridized carbons (Fsp3) is 0.0625. The summed E-state index contributed by atoms with van der Waals surface area (Å²) in [5.74, 6) is 0. The van der Waals surface area contributed by atoms with Crippen LogP contribution in [-0.2, 0) is 0 Å². The first-order valence-corrected chi connectivity index (χ1v) is 11.3. The lowest BCUT2D eigenvalue weighted by Crippen LogP contribution is -1.92. The maximum Gasteiger partial charge on any atom is -0.00112 e. The molecule has 0 amide bonds. The summed E-state index contributed by atoms with van der Waals surface area (Å²) >= 11 is 0. The summed E-state index contributed by atoms with van der Waals surface area (Å²) in [6, 6.07) is 35.9. The lowest BCUT2D eigenvalue weighted by molar-refractivity contribution is 1.42. The van der Waals surface area contributed by atoms with Crippen molar-refractivity contribution in [2.75, 3.05) is 0 Å². The third kappa shape index (κ3) is 2.22. The summed E-state index contributed by atoms with van der Waals surface area (Å²) in [6.07, 6.45) is 0. The Balaban J connectivity index is 1.93. The number of fused-ring (bicyclic) bond motifs is 11. The molecule has 32 heavy (non-hydrogen) atoms. The van der Waals surface area contributed by atoms with Crippen molar-refractivity contribution in [3.63, 3.8) is 0 Å². The van der Waals surface area contributed by atoms with Gasteiger partial charge in [0.25, 0.3) is 0 Å². The maximum absolute atomic E-state index is 2.33. The van der Waals surface area contributed by atoms with E-state index in [1.807, 2.05) is 0 Å². The molecule has 0 aliphatic carbocycles. The summed E-state index contributed by atoms with van der Waals surface area (Å²) in [6.45, 7) is 4.56. The highest BCUT2D eigenvalue weighted by Crippen LogP contribution is 2.43.